The first-order valence-corrected chi connectivity index (χ1v) is 8.61. The summed E-state index contributed by atoms with van der Waals surface area (Å²) in [6, 6.07) is 6.57. The van der Waals surface area contributed by atoms with E-state index in [1.165, 1.54) is 17.0 Å². The zero-order valence-corrected chi connectivity index (χ0v) is 15.4. The van der Waals surface area contributed by atoms with Crippen molar-refractivity contribution in [1.82, 2.24) is 19.7 Å². The van der Waals surface area contributed by atoms with E-state index in [-0.39, 0.29) is 29.9 Å². The standard InChI is InChI=1S/C18H21N5O4/c1-4-26-10-17(25)20-15-8-13(14-6-5-7-27-14)22-23(15)18-19-12(11(2)3)9-16(24)21-18/h5-9,11H,4,10H2,1-3H3,(H,20,25)(H,19,21,24). The number of nitrogens with zero attached hydrogens (tertiary/aromatic N) is 3. The number of hydrogen-bond acceptors (Lipinski definition) is 6. The second-order valence-corrected chi connectivity index (χ2v) is 6.14. The third kappa shape index (κ3) is 4.32. The molecule has 3 aromatic heterocycles. The largest absolute Gasteiger partial charge is 0.463 e. The maximum atomic E-state index is 12.1. The van der Waals surface area contributed by atoms with Crippen LogP contribution in [0, 0.1) is 0 Å². The van der Waals surface area contributed by atoms with Crippen molar-refractivity contribution in [2.75, 3.05) is 18.5 Å². The molecule has 0 spiro atoms. The van der Waals surface area contributed by atoms with E-state index >= 15 is 0 Å². The third-order valence-corrected chi connectivity index (χ3v) is 3.73. The predicted molar refractivity (Wildman–Crippen MR) is 98.9 cm³/mol. The van der Waals surface area contributed by atoms with E-state index in [1.807, 2.05) is 13.8 Å². The van der Waals surface area contributed by atoms with Crippen molar-refractivity contribution >= 4 is 11.7 Å². The fourth-order valence-corrected chi connectivity index (χ4v) is 2.41. The summed E-state index contributed by atoms with van der Waals surface area (Å²) in [5, 5.41) is 7.16. The van der Waals surface area contributed by atoms with E-state index < -0.39 is 0 Å². The molecular formula is C18H21N5O4. The molecule has 3 aromatic rings. The highest BCUT2D eigenvalue weighted by molar-refractivity contribution is 5.91. The first kappa shape index (κ1) is 18.6. The molecule has 0 fully saturated rings. The molecule has 9 nitrogen and oxygen atoms in total. The molecule has 0 saturated heterocycles. The highest BCUT2D eigenvalue weighted by Crippen LogP contribution is 2.24. The Balaban J connectivity index is 2.05. The lowest BCUT2D eigenvalue weighted by Gasteiger charge is -2.10. The number of anilines is 1. The van der Waals surface area contributed by atoms with Gasteiger partial charge in [0, 0.05) is 18.7 Å². The summed E-state index contributed by atoms with van der Waals surface area (Å²) >= 11 is 0. The highest BCUT2D eigenvalue weighted by Gasteiger charge is 2.17. The number of carbonyl (C=O) groups is 1. The van der Waals surface area contributed by atoms with Gasteiger partial charge in [0.05, 0.1) is 12.0 Å². The molecule has 0 aromatic carbocycles. The molecular weight excluding hydrogens is 350 g/mol. The van der Waals surface area contributed by atoms with Crippen LogP contribution in [0.1, 0.15) is 32.4 Å². The fourth-order valence-electron chi connectivity index (χ4n) is 2.41. The van der Waals surface area contributed by atoms with E-state index in [0.29, 0.717) is 29.6 Å². The summed E-state index contributed by atoms with van der Waals surface area (Å²) in [4.78, 5) is 31.3. The number of ether oxygens (including phenoxy) is 1. The Morgan fingerprint density at radius 3 is 2.89 bits per heavy atom. The molecule has 0 bridgehead atoms. The van der Waals surface area contributed by atoms with Crippen LogP contribution >= 0.6 is 0 Å². The molecule has 27 heavy (non-hydrogen) atoms. The van der Waals surface area contributed by atoms with Crippen molar-refractivity contribution in [3.05, 3.63) is 46.6 Å². The molecule has 9 heteroatoms. The second kappa shape index (κ2) is 8.00. The van der Waals surface area contributed by atoms with Crippen LogP contribution in [-0.2, 0) is 9.53 Å². The molecule has 1 amide bonds. The monoisotopic (exact) mass is 371 g/mol. The molecule has 0 aliphatic heterocycles. The van der Waals surface area contributed by atoms with Crippen molar-refractivity contribution < 1.29 is 13.9 Å². The highest BCUT2D eigenvalue weighted by atomic mass is 16.5. The maximum Gasteiger partial charge on any atom is 0.252 e. The van der Waals surface area contributed by atoms with Crippen LogP contribution in [0.15, 0.2) is 39.7 Å². The number of rotatable bonds is 7. The fraction of sp³-hybridized carbons (Fsp3) is 0.333. The number of nitrogens with one attached hydrogen (secondary N) is 2. The van der Waals surface area contributed by atoms with Gasteiger partial charge in [-0.3, -0.25) is 14.6 Å². The quantitative estimate of drug-likeness (QED) is 0.658. The van der Waals surface area contributed by atoms with Gasteiger partial charge in [-0.1, -0.05) is 13.8 Å². The van der Waals surface area contributed by atoms with Gasteiger partial charge in [-0.25, -0.2) is 4.98 Å². The van der Waals surface area contributed by atoms with Gasteiger partial charge in [0.15, 0.2) is 5.76 Å². The molecule has 0 saturated carbocycles. The number of aromatic amines is 1. The van der Waals surface area contributed by atoms with Crippen LogP contribution in [0.5, 0.6) is 0 Å². The molecule has 0 unspecified atom stereocenters. The number of hydrogen-bond donors (Lipinski definition) is 2. The number of furan rings is 1. The predicted octanol–water partition coefficient (Wildman–Crippen LogP) is 2.31. The average Bonchev–Trinajstić information content (AvgIpc) is 3.29. The molecule has 0 atom stereocenters. The molecule has 3 rings (SSSR count). The van der Waals surface area contributed by atoms with Gasteiger partial charge >= 0.3 is 0 Å². The van der Waals surface area contributed by atoms with E-state index in [2.05, 4.69) is 20.4 Å². The molecule has 0 aliphatic rings. The van der Waals surface area contributed by atoms with Crippen molar-refractivity contribution in [2.24, 2.45) is 0 Å². The normalized spacial score (nSPS) is 11.1. The molecule has 2 N–H and O–H groups in total. The van der Waals surface area contributed by atoms with E-state index in [4.69, 9.17) is 9.15 Å². The summed E-state index contributed by atoms with van der Waals surface area (Å²) < 4.78 is 11.9. The van der Waals surface area contributed by atoms with Gasteiger partial charge < -0.3 is 14.5 Å². The first-order chi connectivity index (χ1) is 13.0. The first-order valence-electron chi connectivity index (χ1n) is 8.61. The summed E-state index contributed by atoms with van der Waals surface area (Å²) in [7, 11) is 0. The smallest absolute Gasteiger partial charge is 0.252 e. The zero-order chi connectivity index (χ0) is 19.4. The number of carbonyl (C=O) groups excluding carboxylic acids is 1. The van der Waals surface area contributed by atoms with E-state index in [1.54, 1.807) is 25.1 Å². The Kier molecular flexibility index (Phi) is 5.51. The van der Waals surface area contributed by atoms with Crippen LogP contribution in [0.3, 0.4) is 0 Å². The second-order valence-electron chi connectivity index (χ2n) is 6.14. The minimum absolute atomic E-state index is 0.0575. The van der Waals surface area contributed by atoms with Crippen LogP contribution in [0.2, 0.25) is 0 Å². The van der Waals surface area contributed by atoms with Crippen molar-refractivity contribution in [1.29, 1.82) is 0 Å². The summed E-state index contributed by atoms with van der Waals surface area (Å²) in [6.45, 7) is 6.02. The average molecular weight is 371 g/mol. The van der Waals surface area contributed by atoms with Gasteiger partial charge in [-0.2, -0.15) is 9.78 Å². The Bertz CT molecular complexity index is 972. The van der Waals surface area contributed by atoms with Gasteiger partial charge in [-0.05, 0) is 25.0 Å². The maximum absolute atomic E-state index is 12.1. The summed E-state index contributed by atoms with van der Waals surface area (Å²) in [5.74, 6) is 0.788. The van der Waals surface area contributed by atoms with Crippen molar-refractivity contribution in [3.63, 3.8) is 0 Å². The summed E-state index contributed by atoms with van der Waals surface area (Å²) in [6.07, 6.45) is 1.53. The van der Waals surface area contributed by atoms with Gasteiger partial charge in [0.2, 0.25) is 5.95 Å². The molecule has 142 valence electrons. The zero-order valence-electron chi connectivity index (χ0n) is 15.4. The number of aromatic nitrogens is 4. The van der Waals surface area contributed by atoms with E-state index in [0.717, 1.165) is 0 Å². The lowest BCUT2D eigenvalue weighted by atomic mass is 10.1. The SMILES string of the molecule is CCOCC(=O)Nc1cc(-c2ccco2)nn1-c1nc(C(C)C)cc(=O)[nH]1. The minimum Gasteiger partial charge on any atom is -0.463 e. The summed E-state index contributed by atoms with van der Waals surface area (Å²) in [5.41, 5.74) is 0.810. The molecule has 0 aliphatic carbocycles. The number of amides is 1. The Hall–Kier alpha value is -3.20. The van der Waals surface area contributed by atoms with Crippen molar-refractivity contribution in [2.45, 2.75) is 26.7 Å². The van der Waals surface area contributed by atoms with Gasteiger partial charge in [0.1, 0.15) is 18.1 Å². The Labute approximate surface area is 155 Å². The topological polar surface area (TPSA) is 115 Å². The number of H-pyrrole nitrogens is 1. The lowest BCUT2D eigenvalue weighted by molar-refractivity contribution is -0.120. The molecule has 3 heterocycles. The minimum atomic E-state index is -0.341. The van der Waals surface area contributed by atoms with E-state index in [9.17, 15) is 9.59 Å². The lowest BCUT2D eigenvalue weighted by Crippen LogP contribution is -2.22. The van der Waals surface area contributed by atoms with Gasteiger partial charge in [0.25, 0.3) is 11.5 Å². The Morgan fingerprint density at radius 2 is 2.22 bits per heavy atom. The third-order valence-electron chi connectivity index (χ3n) is 3.73. The van der Waals surface area contributed by atoms with Crippen LogP contribution < -0.4 is 10.9 Å². The van der Waals surface area contributed by atoms with Gasteiger partial charge in [-0.15, -0.1) is 0 Å². The molecule has 0 radical (unpaired) electrons. The van der Waals surface area contributed by atoms with Crippen LogP contribution in [0.25, 0.3) is 17.4 Å². The van der Waals surface area contributed by atoms with Crippen molar-refractivity contribution in [3.8, 4) is 17.4 Å². The van der Waals surface area contributed by atoms with Crippen LogP contribution in [0.4, 0.5) is 5.82 Å². The van der Waals surface area contributed by atoms with Crippen LogP contribution in [-0.4, -0.2) is 38.9 Å². The Morgan fingerprint density at radius 1 is 1.41 bits per heavy atom.